The predicted octanol–water partition coefficient (Wildman–Crippen LogP) is 0.237. The zero-order valence-corrected chi connectivity index (χ0v) is 21.9. The molecule has 1 aromatic carbocycles. The molecule has 1 aromatic rings. The number of rotatable bonds is 15. The Morgan fingerprint density at radius 2 is 1.55 bits per heavy atom. The summed E-state index contributed by atoms with van der Waals surface area (Å²) in [6, 6.07) is 1.70. The van der Waals surface area contributed by atoms with E-state index in [9.17, 15) is 33.2 Å². The van der Waals surface area contributed by atoms with Crippen LogP contribution < -0.4 is 27.0 Å². The number of carbonyl (C=O) groups is 6. The van der Waals surface area contributed by atoms with Gasteiger partial charge in [-0.25, -0.2) is 9.18 Å². The first-order chi connectivity index (χ1) is 17.7. The first-order valence-electron chi connectivity index (χ1n) is 12.2. The van der Waals surface area contributed by atoms with Crippen LogP contribution in [0.1, 0.15) is 46.1 Å². The highest BCUT2D eigenvalue weighted by atomic mass is 19.1. The number of carboxylic acid groups (broad SMARTS) is 1. The van der Waals surface area contributed by atoms with Crippen molar-refractivity contribution in [3.8, 4) is 0 Å². The molecule has 0 aliphatic rings. The lowest BCUT2D eigenvalue weighted by Crippen LogP contribution is -2.56. The van der Waals surface area contributed by atoms with E-state index in [0.717, 1.165) is 0 Å². The number of ketones is 1. The van der Waals surface area contributed by atoms with Gasteiger partial charge in [0.1, 0.15) is 17.9 Å². The maximum Gasteiger partial charge on any atom is 0.405 e. The van der Waals surface area contributed by atoms with Crippen molar-refractivity contribution in [1.29, 1.82) is 0 Å². The van der Waals surface area contributed by atoms with Crippen LogP contribution in [0.4, 0.5) is 9.18 Å². The second kappa shape index (κ2) is 15.3. The van der Waals surface area contributed by atoms with Crippen molar-refractivity contribution in [2.75, 3.05) is 6.54 Å². The van der Waals surface area contributed by atoms with E-state index in [-0.39, 0.29) is 18.8 Å². The monoisotopic (exact) mass is 537 g/mol. The molecule has 1 rings (SSSR count). The molecule has 0 aliphatic heterocycles. The summed E-state index contributed by atoms with van der Waals surface area (Å²) in [7, 11) is 0. The third-order valence-corrected chi connectivity index (χ3v) is 5.78. The number of hydrogen-bond acceptors (Lipinski definition) is 6. The average Bonchev–Trinajstić information content (AvgIpc) is 2.84. The van der Waals surface area contributed by atoms with Crippen LogP contribution in [0, 0.1) is 17.7 Å². The molecule has 0 aliphatic carbocycles. The fourth-order valence-corrected chi connectivity index (χ4v) is 3.52. The molecule has 4 atom stereocenters. The Labute approximate surface area is 220 Å². The Hall–Kier alpha value is -4.03. The normalized spacial score (nSPS) is 13.9. The first kappa shape index (κ1) is 32.0. The minimum Gasteiger partial charge on any atom is -0.465 e. The Morgan fingerprint density at radius 1 is 0.947 bits per heavy atom. The summed E-state index contributed by atoms with van der Waals surface area (Å²) < 4.78 is 13.1. The van der Waals surface area contributed by atoms with Crippen LogP contribution >= 0.6 is 0 Å². The minimum atomic E-state index is -1.41. The van der Waals surface area contributed by atoms with Crippen molar-refractivity contribution < 1.29 is 38.3 Å². The fourth-order valence-electron chi connectivity index (χ4n) is 3.52. The summed E-state index contributed by atoms with van der Waals surface area (Å²) >= 11 is 0. The van der Waals surface area contributed by atoms with Crippen LogP contribution in [0.2, 0.25) is 0 Å². The molecule has 0 bridgehead atoms. The Morgan fingerprint density at radius 3 is 2.05 bits per heavy atom. The van der Waals surface area contributed by atoms with Crippen LogP contribution in [-0.4, -0.2) is 65.3 Å². The van der Waals surface area contributed by atoms with Crippen LogP contribution in [-0.2, 0) is 30.4 Å². The lowest BCUT2D eigenvalue weighted by molar-refractivity contribution is -0.141. The highest BCUT2D eigenvalue weighted by Gasteiger charge is 2.33. The van der Waals surface area contributed by atoms with Gasteiger partial charge in [-0.05, 0) is 36.0 Å². The number of hydrogen-bond donors (Lipinski definition) is 6. The maximum absolute atomic E-state index is 13.1. The van der Waals surface area contributed by atoms with Gasteiger partial charge in [0, 0.05) is 6.42 Å². The second-order valence-electron chi connectivity index (χ2n) is 9.40. The molecule has 0 spiro atoms. The van der Waals surface area contributed by atoms with E-state index in [1.54, 1.807) is 27.7 Å². The third kappa shape index (κ3) is 10.9. The number of nitrogens with one attached hydrogen (secondary N) is 4. The molecule has 38 heavy (non-hydrogen) atoms. The number of benzene rings is 1. The number of Topliss-reactive ketones (excluding diaryl/α,β-unsaturated/α-hetero) is 1. The quantitative estimate of drug-likeness (QED) is 0.172. The average molecular weight is 538 g/mol. The molecular formula is C25H36FN5O7. The summed E-state index contributed by atoms with van der Waals surface area (Å²) in [5, 5.41) is 18.1. The van der Waals surface area contributed by atoms with Crippen molar-refractivity contribution in [3.63, 3.8) is 0 Å². The molecule has 0 fully saturated rings. The van der Waals surface area contributed by atoms with Crippen molar-refractivity contribution in [2.24, 2.45) is 17.6 Å². The number of carbonyl (C=O) groups excluding carboxylic acids is 5. The summed E-state index contributed by atoms with van der Waals surface area (Å²) in [4.78, 5) is 73.3. The van der Waals surface area contributed by atoms with Gasteiger partial charge in [0.05, 0.1) is 12.6 Å². The molecule has 0 heterocycles. The van der Waals surface area contributed by atoms with Crippen LogP contribution in [0.5, 0.6) is 0 Å². The summed E-state index contributed by atoms with van der Waals surface area (Å²) in [5.74, 6) is -5.56. The van der Waals surface area contributed by atoms with E-state index < -0.39 is 71.9 Å². The van der Waals surface area contributed by atoms with E-state index in [1.807, 2.05) is 0 Å². The molecule has 0 saturated heterocycles. The SMILES string of the molecule is CC[C@H](C)C(NC(=O)[C@H](CC(C)C)NC(=O)O)C(=O)C(=O)NCC(=O)NC(Cc1ccc(F)cc1)C(N)=O. The zero-order chi connectivity index (χ0) is 29.0. The molecule has 0 saturated carbocycles. The number of primary amides is 1. The van der Waals surface area contributed by atoms with Crippen LogP contribution in [0.3, 0.4) is 0 Å². The summed E-state index contributed by atoms with van der Waals surface area (Å²) in [6.07, 6.45) is -0.840. The van der Waals surface area contributed by atoms with Gasteiger partial charge in [-0.1, -0.05) is 46.2 Å². The molecule has 5 amide bonds. The minimum absolute atomic E-state index is 0.0156. The fraction of sp³-hybridized carbons (Fsp3) is 0.520. The highest BCUT2D eigenvalue weighted by molar-refractivity contribution is 6.38. The third-order valence-electron chi connectivity index (χ3n) is 5.78. The first-order valence-corrected chi connectivity index (χ1v) is 12.2. The van der Waals surface area contributed by atoms with Gasteiger partial charge in [-0.15, -0.1) is 0 Å². The van der Waals surface area contributed by atoms with E-state index >= 15 is 0 Å². The van der Waals surface area contributed by atoms with E-state index in [4.69, 9.17) is 10.8 Å². The van der Waals surface area contributed by atoms with Gasteiger partial charge in [-0.3, -0.25) is 24.0 Å². The van der Waals surface area contributed by atoms with E-state index in [0.29, 0.717) is 12.0 Å². The summed E-state index contributed by atoms with van der Waals surface area (Å²) in [6.45, 7) is 6.31. The highest BCUT2D eigenvalue weighted by Crippen LogP contribution is 2.12. The van der Waals surface area contributed by atoms with E-state index in [1.165, 1.54) is 24.3 Å². The molecule has 12 nitrogen and oxygen atoms in total. The predicted molar refractivity (Wildman–Crippen MR) is 135 cm³/mol. The van der Waals surface area contributed by atoms with Gasteiger partial charge in [-0.2, -0.15) is 0 Å². The van der Waals surface area contributed by atoms with Crippen LogP contribution in [0.25, 0.3) is 0 Å². The van der Waals surface area contributed by atoms with Gasteiger partial charge < -0.3 is 32.1 Å². The summed E-state index contributed by atoms with van der Waals surface area (Å²) in [5.41, 5.74) is 5.87. The van der Waals surface area contributed by atoms with Gasteiger partial charge in [0.25, 0.3) is 5.91 Å². The molecule has 7 N–H and O–H groups in total. The van der Waals surface area contributed by atoms with Crippen molar-refractivity contribution in [1.82, 2.24) is 21.3 Å². The second-order valence-corrected chi connectivity index (χ2v) is 9.40. The Balaban J connectivity index is 2.82. The van der Waals surface area contributed by atoms with Crippen LogP contribution in [0.15, 0.2) is 24.3 Å². The zero-order valence-electron chi connectivity index (χ0n) is 21.9. The van der Waals surface area contributed by atoms with Gasteiger partial charge in [0.15, 0.2) is 0 Å². The van der Waals surface area contributed by atoms with Gasteiger partial charge >= 0.3 is 6.09 Å². The topological polar surface area (TPSA) is 197 Å². The molecule has 0 aromatic heterocycles. The largest absolute Gasteiger partial charge is 0.465 e. The number of amides is 5. The molecular weight excluding hydrogens is 501 g/mol. The van der Waals surface area contributed by atoms with Crippen molar-refractivity contribution in [2.45, 2.75) is 65.1 Å². The van der Waals surface area contributed by atoms with E-state index in [2.05, 4.69) is 21.3 Å². The van der Waals surface area contributed by atoms with Crippen molar-refractivity contribution >= 4 is 35.5 Å². The Bertz CT molecular complexity index is 1020. The lowest BCUT2D eigenvalue weighted by atomic mass is 9.94. The van der Waals surface area contributed by atoms with Gasteiger partial charge in [0.2, 0.25) is 23.5 Å². The standard InChI is InChI=1S/C25H36FN5O7/c1-5-14(4)20(31-23(35)18(10-13(2)3)30-25(37)38)21(33)24(36)28-12-19(32)29-17(22(27)34)11-15-6-8-16(26)9-7-15/h6-9,13-14,17-18,20,30H,5,10-12H2,1-4H3,(H2,27,34)(H,28,36)(H,29,32)(H,31,35)(H,37,38)/t14-,17?,18-,20?/m0/s1. The molecule has 0 radical (unpaired) electrons. The smallest absolute Gasteiger partial charge is 0.405 e. The number of nitrogens with two attached hydrogens (primary N) is 1. The Kier molecular flexibility index (Phi) is 12.9. The number of halogens is 1. The maximum atomic E-state index is 13.1. The lowest BCUT2D eigenvalue weighted by Gasteiger charge is -2.26. The molecule has 210 valence electrons. The molecule has 2 unspecified atom stereocenters. The van der Waals surface area contributed by atoms with Crippen molar-refractivity contribution in [3.05, 3.63) is 35.6 Å². The molecule has 13 heteroatoms.